The monoisotopic (exact) mass is 418 g/mol. The van der Waals surface area contributed by atoms with Crippen molar-refractivity contribution in [3.8, 4) is 11.5 Å². The number of benzene rings is 2. The second-order valence-electron chi connectivity index (χ2n) is 5.93. The number of carbonyl (C=O) groups excluding carboxylic acids is 2. The summed E-state index contributed by atoms with van der Waals surface area (Å²) < 4.78 is 18.3. The van der Waals surface area contributed by atoms with Gasteiger partial charge >= 0.3 is 5.97 Å². The lowest BCUT2D eigenvalue weighted by molar-refractivity contribution is -0.140. The molecule has 1 amide bonds. The number of halogens is 1. The van der Waals surface area contributed by atoms with Crippen molar-refractivity contribution < 1.29 is 23.8 Å². The summed E-state index contributed by atoms with van der Waals surface area (Å²) in [5.41, 5.74) is 1.11. The molecule has 0 saturated heterocycles. The number of esters is 1. The van der Waals surface area contributed by atoms with Gasteiger partial charge in [-0.15, -0.1) is 0 Å². The van der Waals surface area contributed by atoms with Crippen molar-refractivity contribution >= 4 is 45.0 Å². The molecule has 0 bridgehead atoms. The van der Waals surface area contributed by atoms with Crippen LogP contribution in [-0.4, -0.2) is 30.3 Å². The molecule has 4 rings (SSSR count). The molecule has 1 aliphatic heterocycles. The van der Waals surface area contributed by atoms with Gasteiger partial charge in [-0.1, -0.05) is 35.1 Å². The second kappa shape index (κ2) is 7.65. The molecule has 0 saturated carbocycles. The lowest BCUT2D eigenvalue weighted by Crippen LogP contribution is -2.19. The van der Waals surface area contributed by atoms with Crippen LogP contribution < -0.4 is 14.3 Å². The molecular formula is C19H15ClN2O5S. The number of amides is 1. The van der Waals surface area contributed by atoms with E-state index < -0.39 is 5.91 Å². The molecule has 0 N–H and O–H groups in total. The first-order chi connectivity index (χ1) is 13.6. The quantitative estimate of drug-likeness (QED) is 0.607. The number of thiazole rings is 1. The zero-order valence-corrected chi connectivity index (χ0v) is 16.4. The van der Waals surface area contributed by atoms with Crippen LogP contribution in [0.3, 0.4) is 0 Å². The summed E-state index contributed by atoms with van der Waals surface area (Å²) >= 11 is 7.44. The van der Waals surface area contributed by atoms with Gasteiger partial charge in [-0.3, -0.25) is 9.59 Å². The first-order valence-corrected chi connectivity index (χ1v) is 9.59. The lowest BCUT2D eigenvalue weighted by atomic mass is 10.2. The number of ether oxygens (including phenoxy) is 3. The Morgan fingerprint density at radius 2 is 2.00 bits per heavy atom. The van der Waals surface area contributed by atoms with Crippen molar-refractivity contribution in [2.45, 2.75) is 13.0 Å². The van der Waals surface area contributed by atoms with Crippen LogP contribution in [0.2, 0.25) is 5.02 Å². The minimum Gasteiger partial charge on any atom is -0.469 e. The van der Waals surface area contributed by atoms with Gasteiger partial charge in [0.25, 0.3) is 5.91 Å². The maximum atomic E-state index is 12.7. The third-order valence-electron chi connectivity index (χ3n) is 4.25. The molecule has 144 valence electrons. The van der Waals surface area contributed by atoms with Gasteiger partial charge in [-0.25, -0.2) is 0 Å². The Morgan fingerprint density at radius 3 is 2.75 bits per heavy atom. The fourth-order valence-corrected chi connectivity index (χ4v) is 4.13. The number of methoxy groups -OCH3 is 1. The van der Waals surface area contributed by atoms with Crippen LogP contribution in [0.4, 0.5) is 0 Å². The van der Waals surface area contributed by atoms with E-state index in [1.807, 2.05) is 12.1 Å². The van der Waals surface area contributed by atoms with Gasteiger partial charge in [-0.05, 0) is 12.1 Å². The summed E-state index contributed by atoms with van der Waals surface area (Å²) in [5.74, 6) is 0.443. The molecule has 28 heavy (non-hydrogen) atoms. The number of aromatic nitrogens is 1. The standard InChI is InChI=1S/C19H15ClN2O5S/c1-25-17(23)6-7-22-13-8-14-15(27-10-26-14)9-16(13)28-19(22)21-18(24)11-4-2-3-5-12(11)20/h2-5,8-9H,6-7,10H2,1H3. The molecule has 7 nitrogen and oxygen atoms in total. The van der Waals surface area contributed by atoms with E-state index in [1.54, 1.807) is 28.8 Å². The summed E-state index contributed by atoms with van der Waals surface area (Å²) in [6, 6.07) is 10.4. The molecule has 3 aromatic rings. The molecule has 0 unspecified atom stereocenters. The number of hydrogen-bond acceptors (Lipinski definition) is 6. The predicted molar refractivity (Wildman–Crippen MR) is 104 cm³/mol. The molecule has 0 radical (unpaired) electrons. The van der Waals surface area contributed by atoms with E-state index in [-0.39, 0.29) is 19.2 Å². The maximum absolute atomic E-state index is 12.7. The van der Waals surface area contributed by atoms with Crippen molar-refractivity contribution in [2.75, 3.05) is 13.9 Å². The molecule has 2 heterocycles. The fraction of sp³-hybridized carbons (Fsp3) is 0.211. The van der Waals surface area contributed by atoms with Gasteiger partial charge in [0.15, 0.2) is 16.3 Å². The molecule has 2 aromatic carbocycles. The van der Waals surface area contributed by atoms with Gasteiger partial charge in [0.2, 0.25) is 6.79 Å². The van der Waals surface area contributed by atoms with Gasteiger partial charge < -0.3 is 18.8 Å². The number of fused-ring (bicyclic) bond motifs is 2. The fourth-order valence-electron chi connectivity index (χ4n) is 2.85. The van der Waals surface area contributed by atoms with Crippen LogP contribution in [-0.2, 0) is 16.1 Å². The molecule has 0 atom stereocenters. The van der Waals surface area contributed by atoms with Crippen molar-refractivity contribution in [2.24, 2.45) is 4.99 Å². The number of hydrogen-bond donors (Lipinski definition) is 0. The Bertz CT molecular complexity index is 1150. The van der Waals surface area contributed by atoms with Crippen LogP contribution in [0.25, 0.3) is 10.2 Å². The van der Waals surface area contributed by atoms with Crippen molar-refractivity contribution in [1.82, 2.24) is 4.57 Å². The third kappa shape index (κ3) is 3.48. The topological polar surface area (TPSA) is 79.1 Å². The van der Waals surface area contributed by atoms with Gasteiger partial charge in [0, 0.05) is 18.7 Å². The Hall–Kier alpha value is -2.84. The molecule has 1 aromatic heterocycles. The van der Waals surface area contributed by atoms with Crippen molar-refractivity contribution in [1.29, 1.82) is 0 Å². The molecular weight excluding hydrogens is 404 g/mol. The van der Waals surface area contributed by atoms with Gasteiger partial charge in [-0.2, -0.15) is 4.99 Å². The first-order valence-electron chi connectivity index (χ1n) is 8.40. The summed E-state index contributed by atoms with van der Waals surface area (Å²) in [6.45, 7) is 0.470. The second-order valence-corrected chi connectivity index (χ2v) is 7.35. The Morgan fingerprint density at radius 1 is 1.25 bits per heavy atom. The molecule has 0 aliphatic carbocycles. The summed E-state index contributed by atoms with van der Waals surface area (Å²) in [5, 5.41) is 0.333. The molecule has 0 spiro atoms. The highest BCUT2D eigenvalue weighted by molar-refractivity contribution is 7.16. The van der Waals surface area contributed by atoms with Gasteiger partial charge in [0.05, 0.1) is 34.3 Å². The summed E-state index contributed by atoms with van der Waals surface area (Å²) in [6.07, 6.45) is 0.143. The molecule has 9 heteroatoms. The van der Waals surface area contributed by atoms with Crippen LogP contribution in [0.5, 0.6) is 11.5 Å². The Balaban J connectivity index is 1.83. The van der Waals surface area contributed by atoms with Gasteiger partial charge in [0.1, 0.15) is 0 Å². The van der Waals surface area contributed by atoms with E-state index in [0.717, 1.165) is 10.2 Å². The average molecular weight is 419 g/mol. The lowest BCUT2D eigenvalue weighted by Gasteiger charge is -2.05. The average Bonchev–Trinajstić information content (AvgIpc) is 3.27. The van der Waals surface area contributed by atoms with E-state index in [1.165, 1.54) is 18.4 Å². The van der Waals surface area contributed by atoms with Crippen LogP contribution >= 0.6 is 22.9 Å². The number of carbonyl (C=O) groups is 2. The zero-order valence-electron chi connectivity index (χ0n) is 14.8. The molecule has 1 aliphatic rings. The summed E-state index contributed by atoms with van der Waals surface area (Å²) in [7, 11) is 1.34. The van der Waals surface area contributed by atoms with E-state index in [9.17, 15) is 9.59 Å². The molecule has 0 fully saturated rings. The highest BCUT2D eigenvalue weighted by atomic mass is 35.5. The Kier molecular flexibility index (Phi) is 5.06. The number of nitrogens with zero attached hydrogens (tertiary/aromatic N) is 2. The third-order valence-corrected chi connectivity index (χ3v) is 5.62. The SMILES string of the molecule is COC(=O)CCn1c(=NC(=O)c2ccccc2Cl)sc2cc3c(cc21)OCO3. The largest absolute Gasteiger partial charge is 0.469 e. The highest BCUT2D eigenvalue weighted by Gasteiger charge is 2.19. The van der Waals surface area contributed by atoms with Crippen molar-refractivity contribution in [3.05, 3.63) is 51.8 Å². The van der Waals surface area contributed by atoms with E-state index in [2.05, 4.69) is 4.99 Å². The number of aryl methyl sites for hydroxylation is 1. The smallest absolute Gasteiger partial charge is 0.307 e. The summed E-state index contributed by atoms with van der Waals surface area (Å²) in [4.78, 5) is 29.0. The van der Waals surface area contributed by atoms with Crippen LogP contribution in [0.15, 0.2) is 41.4 Å². The zero-order chi connectivity index (χ0) is 19.7. The predicted octanol–water partition coefficient (Wildman–Crippen LogP) is 3.39. The Labute approximate surface area is 168 Å². The van der Waals surface area contributed by atoms with E-state index in [4.69, 9.17) is 25.8 Å². The minimum atomic E-state index is -0.455. The van der Waals surface area contributed by atoms with Crippen molar-refractivity contribution in [3.63, 3.8) is 0 Å². The highest BCUT2D eigenvalue weighted by Crippen LogP contribution is 2.37. The number of rotatable bonds is 4. The van der Waals surface area contributed by atoms with E-state index >= 15 is 0 Å². The van der Waals surface area contributed by atoms with Crippen LogP contribution in [0, 0.1) is 0 Å². The van der Waals surface area contributed by atoms with E-state index in [0.29, 0.717) is 33.4 Å². The normalized spacial score (nSPS) is 13.1. The minimum absolute atomic E-state index is 0.143. The van der Waals surface area contributed by atoms with Crippen LogP contribution in [0.1, 0.15) is 16.8 Å². The maximum Gasteiger partial charge on any atom is 0.307 e. The first kappa shape index (κ1) is 18.5.